The van der Waals surface area contributed by atoms with Gasteiger partial charge < -0.3 is 9.47 Å². The molecular weight excluding hydrogens is 368 g/mol. The molecule has 0 spiro atoms. The molecular formula is C21H34N6O2. The molecule has 4 rings (SSSR count). The number of methoxy groups -OCH3 is 2. The van der Waals surface area contributed by atoms with Crippen molar-refractivity contribution in [1.82, 2.24) is 25.0 Å². The van der Waals surface area contributed by atoms with E-state index >= 15 is 0 Å². The summed E-state index contributed by atoms with van der Waals surface area (Å²) in [5.41, 5.74) is 6.14. The molecule has 1 N–H and O–H groups in total. The van der Waals surface area contributed by atoms with Crippen molar-refractivity contribution in [2.45, 2.75) is 31.7 Å². The van der Waals surface area contributed by atoms with Crippen LogP contribution < -0.4 is 10.5 Å². The highest BCUT2D eigenvalue weighted by Gasteiger charge is 2.37. The lowest BCUT2D eigenvalue weighted by molar-refractivity contribution is 0.0927. The average molecular weight is 403 g/mol. The summed E-state index contributed by atoms with van der Waals surface area (Å²) in [4.78, 5) is 11.4. The van der Waals surface area contributed by atoms with Crippen LogP contribution in [0.4, 0.5) is 0 Å². The van der Waals surface area contributed by atoms with Crippen molar-refractivity contribution < 1.29 is 9.47 Å². The van der Waals surface area contributed by atoms with Crippen LogP contribution >= 0.6 is 0 Å². The van der Waals surface area contributed by atoms with Crippen LogP contribution in [-0.2, 0) is 9.47 Å². The molecule has 29 heavy (non-hydrogen) atoms. The van der Waals surface area contributed by atoms with Gasteiger partial charge >= 0.3 is 0 Å². The van der Waals surface area contributed by atoms with Crippen LogP contribution in [0.25, 0.3) is 11.4 Å². The van der Waals surface area contributed by atoms with Crippen LogP contribution in [0.5, 0.6) is 0 Å². The largest absolute Gasteiger partial charge is 0.383 e. The molecule has 1 fully saturated rings. The molecule has 3 heterocycles. The second kappa shape index (κ2) is 9.38. The van der Waals surface area contributed by atoms with Crippen LogP contribution in [0.15, 0.2) is 18.6 Å². The zero-order valence-electron chi connectivity index (χ0n) is 17.9. The maximum absolute atomic E-state index is 5.29. The van der Waals surface area contributed by atoms with Crippen molar-refractivity contribution in [1.29, 1.82) is 0 Å². The van der Waals surface area contributed by atoms with Crippen molar-refractivity contribution >= 4 is 0 Å². The SMILES string of the molecule is COCCN(CCOC)CC1CCC(C2NN(C)n3cnc4nccc-4c32)CC1. The number of nitrogens with one attached hydrogen (secondary N) is 1. The van der Waals surface area contributed by atoms with Crippen molar-refractivity contribution in [3.05, 3.63) is 24.3 Å². The van der Waals surface area contributed by atoms with E-state index in [1.807, 2.05) is 12.5 Å². The summed E-state index contributed by atoms with van der Waals surface area (Å²) in [6, 6.07) is 2.42. The number of ether oxygens (including phenoxy) is 2. The molecule has 1 saturated carbocycles. The fraction of sp³-hybridized carbons (Fsp3) is 0.714. The van der Waals surface area contributed by atoms with Crippen molar-refractivity contribution in [3.63, 3.8) is 0 Å². The summed E-state index contributed by atoms with van der Waals surface area (Å²) >= 11 is 0. The summed E-state index contributed by atoms with van der Waals surface area (Å²) < 4.78 is 12.7. The molecule has 0 bridgehead atoms. The minimum Gasteiger partial charge on any atom is -0.383 e. The molecule has 0 aromatic carbocycles. The number of nitrogens with zero attached hydrogens (tertiary/aromatic N) is 5. The topological polar surface area (TPSA) is 67.7 Å². The quantitative estimate of drug-likeness (QED) is 0.687. The smallest absolute Gasteiger partial charge is 0.162 e. The molecule has 1 aliphatic carbocycles. The number of rotatable bonds is 9. The lowest BCUT2D eigenvalue weighted by atomic mass is 9.77. The van der Waals surface area contributed by atoms with Gasteiger partial charge in [-0.05, 0) is 43.6 Å². The van der Waals surface area contributed by atoms with Crippen LogP contribution in [0.1, 0.15) is 37.4 Å². The zero-order valence-corrected chi connectivity index (χ0v) is 17.9. The zero-order chi connectivity index (χ0) is 20.2. The molecule has 1 unspecified atom stereocenters. The van der Waals surface area contributed by atoms with Crippen LogP contribution in [-0.4, -0.2) is 73.7 Å². The molecule has 3 aliphatic heterocycles. The van der Waals surface area contributed by atoms with E-state index < -0.39 is 0 Å². The Morgan fingerprint density at radius 2 is 1.83 bits per heavy atom. The third-order valence-electron chi connectivity index (χ3n) is 6.54. The van der Waals surface area contributed by atoms with Crippen molar-refractivity contribution in [2.24, 2.45) is 11.8 Å². The number of aromatic nitrogens is 3. The Bertz CT molecular complexity index is 737. The summed E-state index contributed by atoms with van der Waals surface area (Å²) in [7, 11) is 5.61. The second-order valence-corrected chi connectivity index (χ2v) is 8.35. The molecule has 8 nitrogen and oxygen atoms in total. The molecule has 8 heteroatoms. The lowest BCUT2D eigenvalue weighted by Crippen LogP contribution is -2.40. The number of hydrogen-bond acceptors (Lipinski definition) is 7. The van der Waals surface area contributed by atoms with E-state index in [4.69, 9.17) is 9.47 Å². The fourth-order valence-corrected chi connectivity index (χ4v) is 4.93. The molecule has 0 aromatic heterocycles. The normalized spacial score (nSPS) is 24.6. The Morgan fingerprint density at radius 3 is 2.52 bits per heavy atom. The minimum atomic E-state index is 0.328. The predicted octanol–water partition coefficient (Wildman–Crippen LogP) is 1.91. The van der Waals surface area contributed by atoms with Crippen LogP contribution in [0, 0.1) is 11.8 Å². The van der Waals surface area contributed by atoms with Gasteiger partial charge in [0, 0.05) is 52.7 Å². The third-order valence-corrected chi connectivity index (χ3v) is 6.54. The van der Waals surface area contributed by atoms with Gasteiger partial charge in [-0.25, -0.2) is 25.2 Å². The summed E-state index contributed by atoms with van der Waals surface area (Å²) in [5.74, 6) is 2.23. The van der Waals surface area contributed by atoms with Gasteiger partial charge in [-0.15, -0.1) is 0 Å². The van der Waals surface area contributed by atoms with E-state index in [2.05, 4.69) is 43.2 Å². The number of hydrogen-bond donors (Lipinski definition) is 1. The summed E-state index contributed by atoms with van der Waals surface area (Å²) in [6.45, 7) is 4.66. The Kier molecular flexibility index (Phi) is 6.64. The van der Waals surface area contributed by atoms with Gasteiger partial charge in [-0.2, -0.15) is 0 Å². The molecule has 0 aromatic rings. The first-order valence-electron chi connectivity index (χ1n) is 10.7. The Labute approximate surface area is 173 Å². The molecule has 160 valence electrons. The van der Waals surface area contributed by atoms with Gasteiger partial charge in [0.15, 0.2) is 5.82 Å². The van der Waals surface area contributed by atoms with Gasteiger partial charge in [0.2, 0.25) is 0 Å². The van der Waals surface area contributed by atoms with E-state index in [1.165, 1.54) is 36.9 Å². The summed E-state index contributed by atoms with van der Waals surface area (Å²) in [6.07, 6.45) is 8.78. The molecule has 0 radical (unpaired) electrons. The first kappa shape index (κ1) is 20.5. The van der Waals surface area contributed by atoms with Gasteiger partial charge in [0.1, 0.15) is 6.33 Å². The maximum Gasteiger partial charge on any atom is 0.162 e. The molecule has 4 aliphatic rings. The minimum absolute atomic E-state index is 0.328. The predicted molar refractivity (Wildman–Crippen MR) is 112 cm³/mol. The van der Waals surface area contributed by atoms with Gasteiger partial charge in [0.25, 0.3) is 0 Å². The second-order valence-electron chi connectivity index (χ2n) is 8.35. The maximum atomic E-state index is 5.29. The van der Waals surface area contributed by atoms with Gasteiger partial charge in [-0.1, -0.05) is 0 Å². The molecule has 0 saturated heterocycles. The highest BCUT2D eigenvalue weighted by atomic mass is 16.5. The average Bonchev–Trinajstić information content (AvgIpc) is 3.35. The molecule has 0 amide bonds. The highest BCUT2D eigenvalue weighted by Crippen LogP contribution is 2.42. The van der Waals surface area contributed by atoms with Crippen molar-refractivity contribution in [3.8, 4) is 11.4 Å². The Hall–Kier alpha value is -1.74. The number of fused-ring (bicyclic) bond motifs is 3. The van der Waals surface area contributed by atoms with E-state index in [9.17, 15) is 0 Å². The van der Waals surface area contributed by atoms with E-state index in [1.54, 1.807) is 14.2 Å². The lowest BCUT2D eigenvalue weighted by Gasteiger charge is -2.35. The van der Waals surface area contributed by atoms with Gasteiger partial charge in [0.05, 0.1) is 24.9 Å². The van der Waals surface area contributed by atoms with Crippen LogP contribution in [0.2, 0.25) is 0 Å². The third kappa shape index (κ3) is 4.40. The summed E-state index contributed by atoms with van der Waals surface area (Å²) in [5, 5.41) is 2.06. The van der Waals surface area contributed by atoms with E-state index in [0.29, 0.717) is 12.0 Å². The fourth-order valence-electron chi connectivity index (χ4n) is 4.93. The first-order chi connectivity index (χ1) is 14.2. The Balaban J connectivity index is 1.38. The van der Waals surface area contributed by atoms with Gasteiger partial charge in [-0.3, -0.25) is 4.90 Å². The highest BCUT2D eigenvalue weighted by molar-refractivity contribution is 5.61. The van der Waals surface area contributed by atoms with E-state index in [-0.39, 0.29) is 0 Å². The van der Waals surface area contributed by atoms with Crippen LogP contribution in [0.3, 0.4) is 0 Å². The number of hydrazine groups is 1. The van der Waals surface area contributed by atoms with E-state index in [0.717, 1.165) is 44.6 Å². The van der Waals surface area contributed by atoms with Crippen molar-refractivity contribution in [2.75, 3.05) is 59.2 Å². The monoisotopic (exact) mass is 402 g/mol. The standard InChI is InChI=1S/C21H34N6O2/c1-25-24-19(20-18-8-9-22-21(18)23-15-27(20)25)17-6-4-16(5-7-17)14-26(10-12-28-2)11-13-29-3/h8-9,15-17,19,24H,4-7,10-14H2,1-3H3. The molecule has 1 atom stereocenters. The Morgan fingerprint density at radius 1 is 1.10 bits per heavy atom. The first-order valence-corrected chi connectivity index (χ1v) is 10.7.